The summed E-state index contributed by atoms with van der Waals surface area (Å²) in [6, 6.07) is 2.16. The fourth-order valence-electron chi connectivity index (χ4n) is 2.33. The first-order valence-corrected chi connectivity index (χ1v) is 6.33. The van der Waals surface area contributed by atoms with Gasteiger partial charge in [0.25, 0.3) is 0 Å². The Hall–Kier alpha value is -1.00. The van der Waals surface area contributed by atoms with Gasteiger partial charge in [-0.3, -0.25) is 9.88 Å². The molecule has 94 valence electrons. The van der Waals surface area contributed by atoms with E-state index >= 15 is 0 Å². The molecular weight excluding hydrogens is 217 g/mol. The molecule has 1 aromatic heterocycles. The van der Waals surface area contributed by atoms with Crippen LogP contribution >= 0.6 is 0 Å². The summed E-state index contributed by atoms with van der Waals surface area (Å²) < 4.78 is 13.0. The molecule has 0 amide bonds. The molecule has 0 radical (unpaired) electrons. The van der Waals surface area contributed by atoms with Crippen molar-refractivity contribution in [1.29, 1.82) is 0 Å². The van der Waals surface area contributed by atoms with E-state index in [2.05, 4.69) is 22.1 Å². The average molecular weight is 237 g/mol. The molecule has 1 N–H and O–H groups in total. The Morgan fingerprint density at radius 2 is 2.41 bits per heavy atom. The second-order valence-corrected chi connectivity index (χ2v) is 4.63. The Labute approximate surface area is 102 Å². The summed E-state index contributed by atoms with van der Waals surface area (Å²) in [6.45, 7) is 6.06. The van der Waals surface area contributed by atoms with E-state index in [0.29, 0.717) is 6.04 Å². The van der Waals surface area contributed by atoms with E-state index in [0.717, 1.165) is 31.7 Å². The Bertz CT molecular complexity index is 350. The number of nitrogens with one attached hydrogen (secondary N) is 1. The normalized spacial score (nSPS) is 20.1. The van der Waals surface area contributed by atoms with Crippen molar-refractivity contribution in [2.45, 2.75) is 32.4 Å². The Morgan fingerprint density at radius 1 is 1.53 bits per heavy atom. The SMILES string of the molecule is CCN(Cc1cncc(F)c1)CC1CCCN1. The van der Waals surface area contributed by atoms with Crippen LogP contribution in [0.15, 0.2) is 18.5 Å². The highest BCUT2D eigenvalue weighted by Gasteiger charge is 2.17. The third-order valence-electron chi connectivity index (χ3n) is 3.26. The van der Waals surface area contributed by atoms with Gasteiger partial charge >= 0.3 is 0 Å². The Morgan fingerprint density at radius 3 is 3.06 bits per heavy atom. The van der Waals surface area contributed by atoms with Crippen LogP contribution in [0.2, 0.25) is 0 Å². The van der Waals surface area contributed by atoms with Crippen LogP contribution in [0.5, 0.6) is 0 Å². The highest BCUT2D eigenvalue weighted by atomic mass is 19.1. The molecule has 1 unspecified atom stereocenters. The number of likely N-dealkylation sites (N-methyl/N-ethyl adjacent to an activating group) is 1. The summed E-state index contributed by atoms with van der Waals surface area (Å²) in [5, 5.41) is 3.49. The number of hydrogen-bond donors (Lipinski definition) is 1. The van der Waals surface area contributed by atoms with Gasteiger partial charge in [-0.15, -0.1) is 0 Å². The predicted octanol–water partition coefficient (Wildman–Crippen LogP) is 1.79. The zero-order valence-electron chi connectivity index (χ0n) is 10.3. The monoisotopic (exact) mass is 237 g/mol. The molecule has 0 aliphatic carbocycles. The number of hydrogen-bond acceptors (Lipinski definition) is 3. The second kappa shape index (κ2) is 6.07. The van der Waals surface area contributed by atoms with Crippen molar-refractivity contribution in [3.63, 3.8) is 0 Å². The topological polar surface area (TPSA) is 28.2 Å². The third-order valence-corrected chi connectivity index (χ3v) is 3.26. The van der Waals surface area contributed by atoms with E-state index in [1.165, 1.54) is 19.0 Å². The minimum absolute atomic E-state index is 0.252. The molecule has 4 heteroatoms. The number of aromatic nitrogens is 1. The van der Waals surface area contributed by atoms with Crippen molar-refractivity contribution in [2.24, 2.45) is 0 Å². The van der Waals surface area contributed by atoms with Crippen LogP contribution in [0.25, 0.3) is 0 Å². The number of halogens is 1. The molecule has 0 saturated carbocycles. The summed E-state index contributed by atoms with van der Waals surface area (Å²) in [4.78, 5) is 6.22. The van der Waals surface area contributed by atoms with Gasteiger partial charge < -0.3 is 5.32 Å². The smallest absolute Gasteiger partial charge is 0.141 e. The number of rotatable bonds is 5. The van der Waals surface area contributed by atoms with Crippen molar-refractivity contribution in [2.75, 3.05) is 19.6 Å². The zero-order chi connectivity index (χ0) is 12.1. The lowest BCUT2D eigenvalue weighted by Gasteiger charge is -2.24. The van der Waals surface area contributed by atoms with Crippen LogP contribution in [-0.2, 0) is 6.54 Å². The minimum atomic E-state index is -0.252. The molecule has 3 nitrogen and oxygen atoms in total. The summed E-state index contributed by atoms with van der Waals surface area (Å²) in [5.74, 6) is -0.252. The lowest BCUT2D eigenvalue weighted by atomic mass is 10.2. The van der Waals surface area contributed by atoms with E-state index in [9.17, 15) is 4.39 Å². The summed E-state index contributed by atoms with van der Waals surface area (Å²) in [5.41, 5.74) is 0.949. The number of pyridine rings is 1. The lowest BCUT2D eigenvalue weighted by molar-refractivity contribution is 0.253. The van der Waals surface area contributed by atoms with Crippen molar-refractivity contribution < 1.29 is 4.39 Å². The van der Waals surface area contributed by atoms with Crippen molar-refractivity contribution in [1.82, 2.24) is 15.2 Å². The highest BCUT2D eigenvalue weighted by Crippen LogP contribution is 2.10. The van der Waals surface area contributed by atoms with E-state index < -0.39 is 0 Å². The van der Waals surface area contributed by atoms with Gasteiger partial charge in [0, 0.05) is 25.3 Å². The van der Waals surface area contributed by atoms with Gasteiger partial charge in [-0.25, -0.2) is 4.39 Å². The summed E-state index contributed by atoms with van der Waals surface area (Å²) in [6.07, 6.45) is 5.51. The molecule has 2 heterocycles. The molecule has 1 atom stereocenters. The van der Waals surface area contributed by atoms with E-state index in [1.54, 1.807) is 12.3 Å². The van der Waals surface area contributed by atoms with E-state index in [-0.39, 0.29) is 5.82 Å². The van der Waals surface area contributed by atoms with Gasteiger partial charge in [0.15, 0.2) is 0 Å². The van der Waals surface area contributed by atoms with Crippen LogP contribution in [0, 0.1) is 5.82 Å². The largest absolute Gasteiger partial charge is 0.313 e. The van der Waals surface area contributed by atoms with Crippen molar-refractivity contribution in [3.8, 4) is 0 Å². The van der Waals surface area contributed by atoms with E-state index in [4.69, 9.17) is 0 Å². The molecule has 0 aromatic carbocycles. The van der Waals surface area contributed by atoms with Crippen LogP contribution in [0.3, 0.4) is 0 Å². The van der Waals surface area contributed by atoms with Crippen LogP contribution < -0.4 is 5.32 Å². The zero-order valence-corrected chi connectivity index (χ0v) is 10.3. The minimum Gasteiger partial charge on any atom is -0.313 e. The predicted molar refractivity (Wildman–Crippen MR) is 66.2 cm³/mol. The molecule has 0 bridgehead atoms. The standard InChI is InChI=1S/C13H20FN3/c1-2-17(10-13-4-3-5-16-13)9-11-6-12(14)8-15-7-11/h6-8,13,16H,2-5,9-10H2,1H3. The Balaban J connectivity index is 1.90. The molecule has 1 aliphatic rings. The molecule has 2 rings (SSSR count). The van der Waals surface area contributed by atoms with Gasteiger partial charge in [-0.05, 0) is 37.6 Å². The van der Waals surface area contributed by atoms with Crippen molar-refractivity contribution >= 4 is 0 Å². The summed E-state index contributed by atoms with van der Waals surface area (Å²) >= 11 is 0. The Kier molecular flexibility index (Phi) is 4.45. The van der Waals surface area contributed by atoms with Gasteiger partial charge in [-0.1, -0.05) is 6.92 Å². The number of nitrogens with zero attached hydrogens (tertiary/aromatic N) is 2. The molecule has 1 fully saturated rings. The van der Waals surface area contributed by atoms with Crippen LogP contribution in [-0.4, -0.2) is 35.6 Å². The molecule has 1 saturated heterocycles. The average Bonchev–Trinajstić information content (AvgIpc) is 2.81. The van der Waals surface area contributed by atoms with Crippen LogP contribution in [0.1, 0.15) is 25.3 Å². The molecule has 1 aliphatic heterocycles. The maximum absolute atomic E-state index is 13.0. The fourth-order valence-corrected chi connectivity index (χ4v) is 2.33. The van der Waals surface area contributed by atoms with Crippen molar-refractivity contribution in [3.05, 3.63) is 29.8 Å². The fraction of sp³-hybridized carbons (Fsp3) is 0.615. The van der Waals surface area contributed by atoms with Gasteiger partial charge in [0.2, 0.25) is 0 Å². The molecule has 17 heavy (non-hydrogen) atoms. The lowest BCUT2D eigenvalue weighted by Crippen LogP contribution is -2.37. The maximum atomic E-state index is 13.0. The van der Waals surface area contributed by atoms with Gasteiger partial charge in [0.05, 0.1) is 6.20 Å². The third kappa shape index (κ3) is 3.75. The molecular formula is C13H20FN3. The quantitative estimate of drug-likeness (QED) is 0.846. The van der Waals surface area contributed by atoms with Crippen LogP contribution in [0.4, 0.5) is 4.39 Å². The van der Waals surface area contributed by atoms with Gasteiger partial charge in [0.1, 0.15) is 5.82 Å². The second-order valence-electron chi connectivity index (χ2n) is 4.63. The van der Waals surface area contributed by atoms with Gasteiger partial charge in [-0.2, -0.15) is 0 Å². The first-order chi connectivity index (χ1) is 8.28. The highest BCUT2D eigenvalue weighted by molar-refractivity contribution is 5.10. The maximum Gasteiger partial charge on any atom is 0.141 e. The summed E-state index contributed by atoms with van der Waals surface area (Å²) in [7, 11) is 0. The molecule has 1 aromatic rings. The first-order valence-electron chi connectivity index (χ1n) is 6.33. The first kappa shape index (κ1) is 12.5. The molecule has 0 spiro atoms. The van der Waals surface area contributed by atoms with E-state index in [1.807, 2.05) is 0 Å².